The van der Waals surface area contributed by atoms with E-state index in [0.717, 1.165) is 11.1 Å². The standard InChI is InChI=1S/C18H20N2O3/c19-17(21)23-15-11-16(20-12-15)18(22,13-7-3-1-4-8-13)14-9-5-2-6-10-14/h1-10,15-16,20,22H,11-12H2,(H2,19,21)/t15-,16?/m1/s1. The molecule has 0 radical (unpaired) electrons. The highest BCUT2D eigenvalue weighted by atomic mass is 16.6. The summed E-state index contributed by atoms with van der Waals surface area (Å²) in [5.74, 6) is 0. The Morgan fingerprint density at radius 2 is 1.61 bits per heavy atom. The maximum atomic E-state index is 11.6. The van der Waals surface area contributed by atoms with E-state index in [0.29, 0.717) is 13.0 Å². The first-order valence-electron chi connectivity index (χ1n) is 7.63. The number of carbonyl (C=O) groups is 1. The molecule has 0 spiro atoms. The Balaban J connectivity index is 1.96. The SMILES string of the molecule is NC(=O)O[C@H]1CNC(C(O)(c2ccccc2)c2ccccc2)C1. The van der Waals surface area contributed by atoms with Gasteiger partial charge in [-0.15, -0.1) is 0 Å². The normalized spacial score (nSPS) is 21.1. The number of nitrogens with one attached hydrogen (secondary N) is 1. The third-order valence-corrected chi connectivity index (χ3v) is 4.31. The number of hydrogen-bond donors (Lipinski definition) is 3. The minimum Gasteiger partial charge on any atom is -0.445 e. The van der Waals surface area contributed by atoms with Crippen molar-refractivity contribution in [1.29, 1.82) is 0 Å². The second-order valence-corrected chi connectivity index (χ2v) is 5.75. The predicted molar refractivity (Wildman–Crippen MR) is 86.7 cm³/mol. The van der Waals surface area contributed by atoms with Gasteiger partial charge in [-0.2, -0.15) is 0 Å². The van der Waals surface area contributed by atoms with E-state index in [1.807, 2.05) is 60.7 Å². The van der Waals surface area contributed by atoms with Crippen LogP contribution in [0.25, 0.3) is 0 Å². The van der Waals surface area contributed by atoms with Gasteiger partial charge in [-0.1, -0.05) is 60.7 Å². The number of benzene rings is 2. The number of aliphatic hydroxyl groups is 1. The topological polar surface area (TPSA) is 84.6 Å². The molecule has 1 unspecified atom stereocenters. The number of primary amides is 1. The van der Waals surface area contributed by atoms with E-state index in [1.54, 1.807) is 0 Å². The second-order valence-electron chi connectivity index (χ2n) is 5.75. The summed E-state index contributed by atoms with van der Waals surface area (Å²) in [6.45, 7) is 0.468. The Hall–Kier alpha value is -2.37. The third kappa shape index (κ3) is 3.06. The van der Waals surface area contributed by atoms with Crippen molar-refractivity contribution < 1.29 is 14.6 Å². The van der Waals surface area contributed by atoms with Crippen molar-refractivity contribution in [2.45, 2.75) is 24.2 Å². The molecule has 1 heterocycles. The van der Waals surface area contributed by atoms with E-state index in [-0.39, 0.29) is 12.1 Å². The van der Waals surface area contributed by atoms with Crippen LogP contribution in [-0.2, 0) is 10.3 Å². The molecule has 0 saturated carbocycles. The quantitative estimate of drug-likeness (QED) is 0.803. The van der Waals surface area contributed by atoms with Crippen molar-refractivity contribution in [3.05, 3.63) is 71.8 Å². The zero-order chi connectivity index (χ0) is 16.3. The molecule has 4 N–H and O–H groups in total. The van der Waals surface area contributed by atoms with Crippen LogP contribution in [0.5, 0.6) is 0 Å². The fourth-order valence-electron chi connectivity index (χ4n) is 3.23. The molecule has 0 aromatic heterocycles. The van der Waals surface area contributed by atoms with Crippen LogP contribution in [0.1, 0.15) is 17.5 Å². The molecule has 1 aliphatic heterocycles. The minimum atomic E-state index is -1.21. The lowest BCUT2D eigenvalue weighted by molar-refractivity contribution is 0.0378. The zero-order valence-electron chi connectivity index (χ0n) is 12.7. The van der Waals surface area contributed by atoms with Crippen molar-refractivity contribution in [2.75, 3.05) is 6.54 Å². The summed E-state index contributed by atoms with van der Waals surface area (Å²) in [7, 11) is 0. The molecule has 1 amide bonds. The molecule has 120 valence electrons. The lowest BCUT2D eigenvalue weighted by Gasteiger charge is -2.35. The highest BCUT2D eigenvalue weighted by Crippen LogP contribution is 2.36. The maximum Gasteiger partial charge on any atom is 0.404 e. The lowest BCUT2D eigenvalue weighted by atomic mass is 9.79. The fraction of sp³-hybridized carbons (Fsp3) is 0.278. The Morgan fingerprint density at radius 3 is 2.09 bits per heavy atom. The van der Waals surface area contributed by atoms with Crippen molar-refractivity contribution in [3.8, 4) is 0 Å². The van der Waals surface area contributed by atoms with Gasteiger partial charge >= 0.3 is 6.09 Å². The van der Waals surface area contributed by atoms with Gasteiger partial charge in [0, 0.05) is 19.0 Å². The minimum absolute atomic E-state index is 0.281. The first-order valence-corrected chi connectivity index (χ1v) is 7.63. The molecule has 0 bridgehead atoms. The van der Waals surface area contributed by atoms with Crippen LogP contribution in [0.15, 0.2) is 60.7 Å². The van der Waals surface area contributed by atoms with Crippen LogP contribution >= 0.6 is 0 Å². The Kier molecular flexibility index (Phi) is 4.32. The highest BCUT2D eigenvalue weighted by molar-refractivity contribution is 5.64. The number of ether oxygens (including phenoxy) is 1. The van der Waals surface area contributed by atoms with E-state index in [9.17, 15) is 9.90 Å². The third-order valence-electron chi connectivity index (χ3n) is 4.31. The average molecular weight is 312 g/mol. The molecule has 2 aromatic carbocycles. The molecule has 1 saturated heterocycles. The first-order chi connectivity index (χ1) is 11.1. The molecule has 5 nitrogen and oxygen atoms in total. The van der Waals surface area contributed by atoms with Gasteiger partial charge in [0.05, 0.1) is 0 Å². The number of rotatable bonds is 4. The summed E-state index contributed by atoms with van der Waals surface area (Å²) in [5, 5.41) is 14.8. The monoisotopic (exact) mass is 312 g/mol. The number of hydrogen-bond acceptors (Lipinski definition) is 4. The maximum absolute atomic E-state index is 11.6. The molecule has 5 heteroatoms. The summed E-state index contributed by atoms with van der Waals surface area (Å²) in [6.07, 6.45) is -0.639. The fourth-order valence-corrected chi connectivity index (χ4v) is 3.23. The average Bonchev–Trinajstić information content (AvgIpc) is 3.04. The van der Waals surface area contributed by atoms with E-state index in [2.05, 4.69) is 5.32 Å². The van der Waals surface area contributed by atoms with Crippen molar-refractivity contribution in [1.82, 2.24) is 5.32 Å². The Morgan fingerprint density at radius 1 is 1.09 bits per heavy atom. The van der Waals surface area contributed by atoms with Crippen molar-refractivity contribution in [3.63, 3.8) is 0 Å². The first kappa shape index (κ1) is 15.5. The van der Waals surface area contributed by atoms with Gasteiger partial charge < -0.3 is 20.9 Å². The summed E-state index contributed by atoms with van der Waals surface area (Å²) >= 11 is 0. The van der Waals surface area contributed by atoms with Gasteiger partial charge in [-0.05, 0) is 11.1 Å². The molecule has 3 rings (SSSR count). The lowest BCUT2D eigenvalue weighted by Crippen LogP contribution is -2.46. The predicted octanol–water partition coefficient (Wildman–Crippen LogP) is 1.75. The molecule has 0 aliphatic carbocycles. The Bertz CT molecular complexity index is 621. The number of nitrogens with two attached hydrogens (primary N) is 1. The van der Waals surface area contributed by atoms with E-state index in [1.165, 1.54) is 0 Å². The summed E-state index contributed by atoms with van der Waals surface area (Å²) in [4.78, 5) is 11.0. The van der Waals surface area contributed by atoms with Crippen molar-refractivity contribution >= 4 is 6.09 Å². The van der Waals surface area contributed by atoms with E-state index >= 15 is 0 Å². The van der Waals surface area contributed by atoms with Gasteiger partial charge in [0.1, 0.15) is 11.7 Å². The summed E-state index contributed by atoms with van der Waals surface area (Å²) in [5.41, 5.74) is 5.48. The molecule has 2 atom stereocenters. The largest absolute Gasteiger partial charge is 0.445 e. The van der Waals surface area contributed by atoms with Crippen LogP contribution < -0.4 is 11.1 Å². The van der Waals surface area contributed by atoms with Crippen LogP contribution in [-0.4, -0.2) is 29.9 Å². The molecule has 1 aliphatic rings. The highest BCUT2D eigenvalue weighted by Gasteiger charge is 2.44. The van der Waals surface area contributed by atoms with Crippen LogP contribution in [0, 0.1) is 0 Å². The van der Waals surface area contributed by atoms with E-state index < -0.39 is 11.7 Å². The van der Waals surface area contributed by atoms with Crippen molar-refractivity contribution in [2.24, 2.45) is 5.73 Å². The second kappa shape index (κ2) is 6.40. The van der Waals surface area contributed by atoms with Gasteiger partial charge in [0.25, 0.3) is 0 Å². The van der Waals surface area contributed by atoms with Crippen LogP contribution in [0.2, 0.25) is 0 Å². The van der Waals surface area contributed by atoms with Gasteiger partial charge in [-0.3, -0.25) is 0 Å². The molecule has 2 aromatic rings. The molecule has 1 fully saturated rings. The van der Waals surface area contributed by atoms with Crippen LogP contribution in [0.4, 0.5) is 4.79 Å². The van der Waals surface area contributed by atoms with Gasteiger partial charge in [0.2, 0.25) is 0 Å². The summed E-state index contributed by atoms with van der Waals surface area (Å²) in [6, 6.07) is 18.7. The molecular formula is C18H20N2O3. The number of amides is 1. The zero-order valence-corrected chi connectivity index (χ0v) is 12.7. The molecule has 23 heavy (non-hydrogen) atoms. The summed E-state index contributed by atoms with van der Waals surface area (Å²) < 4.78 is 5.07. The smallest absolute Gasteiger partial charge is 0.404 e. The van der Waals surface area contributed by atoms with E-state index in [4.69, 9.17) is 10.5 Å². The number of carbonyl (C=O) groups excluding carboxylic acids is 1. The van der Waals surface area contributed by atoms with Gasteiger partial charge in [0.15, 0.2) is 0 Å². The Labute approximate surface area is 135 Å². The van der Waals surface area contributed by atoms with Crippen LogP contribution in [0.3, 0.4) is 0 Å². The van der Waals surface area contributed by atoms with Gasteiger partial charge in [-0.25, -0.2) is 4.79 Å². The molecular weight excluding hydrogens is 292 g/mol.